The number of likely N-dealkylation sites (tertiary alicyclic amines) is 1. The van der Waals surface area contributed by atoms with Gasteiger partial charge in [-0.15, -0.1) is 0 Å². The predicted molar refractivity (Wildman–Crippen MR) is 102 cm³/mol. The largest absolute Gasteiger partial charge is 0.346 e. The van der Waals surface area contributed by atoms with Gasteiger partial charge < -0.3 is 19.8 Å². The standard InChI is InChI=1S/C20H22N6O/c1-12-3-6-25(17(27)2-5-21)11-16(12)26-7-4-13-8-23-20-18(19(13)26)14(9-24-20)15-10-22-15/h4,7-9,12,15-16,22H,2-3,6,10-11H2,1H3,(H,23,24). The Bertz CT molecular complexity index is 1070. The summed E-state index contributed by atoms with van der Waals surface area (Å²) < 4.78 is 2.33. The number of H-pyrrole nitrogens is 1. The van der Waals surface area contributed by atoms with Gasteiger partial charge in [-0.25, -0.2) is 4.98 Å². The summed E-state index contributed by atoms with van der Waals surface area (Å²) in [5, 5.41) is 14.6. The maximum absolute atomic E-state index is 12.3. The SMILES string of the molecule is CC1CCN(C(=O)CC#N)CC1n1ccc2cnc3[nH]cc(C4CN4)c3c21. The number of aromatic amines is 1. The monoisotopic (exact) mass is 362 g/mol. The minimum absolute atomic E-state index is 0.0446. The fraction of sp³-hybridized carbons (Fsp3) is 0.450. The van der Waals surface area contributed by atoms with E-state index in [9.17, 15) is 4.79 Å². The smallest absolute Gasteiger partial charge is 0.236 e. The lowest BCUT2D eigenvalue weighted by atomic mass is 9.92. The van der Waals surface area contributed by atoms with Crippen LogP contribution in [0.1, 0.15) is 37.4 Å². The van der Waals surface area contributed by atoms with Crippen LogP contribution in [0, 0.1) is 17.2 Å². The van der Waals surface area contributed by atoms with Crippen molar-refractivity contribution in [2.24, 2.45) is 5.92 Å². The van der Waals surface area contributed by atoms with Gasteiger partial charge in [-0.05, 0) is 24.0 Å². The van der Waals surface area contributed by atoms with Gasteiger partial charge in [0, 0.05) is 55.0 Å². The number of aromatic nitrogens is 3. The van der Waals surface area contributed by atoms with E-state index in [-0.39, 0.29) is 18.4 Å². The van der Waals surface area contributed by atoms with Crippen molar-refractivity contribution in [1.82, 2.24) is 24.8 Å². The number of carbonyl (C=O) groups is 1. The fourth-order valence-electron chi connectivity index (χ4n) is 4.40. The predicted octanol–water partition coefficient (Wildman–Crippen LogP) is 2.49. The molecule has 7 nitrogen and oxygen atoms in total. The second-order valence-electron chi connectivity index (χ2n) is 7.72. The summed E-state index contributed by atoms with van der Waals surface area (Å²) in [6.07, 6.45) is 7.01. The molecule has 0 aromatic carbocycles. The minimum atomic E-state index is -0.0674. The van der Waals surface area contributed by atoms with Crippen molar-refractivity contribution in [2.75, 3.05) is 19.6 Å². The molecule has 0 spiro atoms. The van der Waals surface area contributed by atoms with Crippen molar-refractivity contribution in [3.63, 3.8) is 0 Å². The molecule has 3 unspecified atom stereocenters. The van der Waals surface area contributed by atoms with Crippen molar-refractivity contribution in [1.29, 1.82) is 5.26 Å². The zero-order valence-electron chi connectivity index (χ0n) is 15.3. The maximum Gasteiger partial charge on any atom is 0.236 e. The van der Waals surface area contributed by atoms with Gasteiger partial charge in [0.15, 0.2) is 0 Å². The molecule has 2 saturated heterocycles. The quantitative estimate of drug-likeness (QED) is 0.699. The number of rotatable bonds is 3. The lowest BCUT2D eigenvalue weighted by Crippen LogP contribution is -2.43. The first-order chi connectivity index (χ1) is 13.2. The Morgan fingerprint density at radius 2 is 2.33 bits per heavy atom. The molecule has 2 N–H and O–H groups in total. The molecule has 0 bridgehead atoms. The van der Waals surface area contributed by atoms with Crippen LogP contribution in [0.5, 0.6) is 0 Å². The van der Waals surface area contributed by atoms with Gasteiger partial charge >= 0.3 is 0 Å². The van der Waals surface area contributed by atoms with Crippen LogP contribution in [0.15, 0.2) is 24.7 Å². The number of hydrogen-bond donors (Lipinski definition) is 2. The van der Waals surface area contributed by atoms with Gasteiger partial charge in [-0.2, -0.15) is 5.26 Å². The minimum Gasteiger partial charge on any atom is -0.346 e. The summed E-state index contributed by atoms with van der Waals surface area (Å²) in [7, 11) is 0. The molecule has 1 amide bonds. The van der Waals surface area contributed by atoms with Crippen LogP contribution in [0.25, 0.3) is 21.9 Å². The second kappa shape index (κ2) is 6.10. The van der Waals surface area contributed by atoms with Crippen molar-refractivity contribution in [3.05, 3.63) is 30.2 Å². The summed E-state index contributed by atoms with van der Waals surface area (Å²) >= 11 is 0. The number of pyridine rings is 1. The van der Waals surface area contributed by atoms with E-state index in [4.69, 9.17) is 5.26 Å². The number of fused-ring (bicyclic) bond motifs is 3. The molecular formula is C20H22N6O. The maximum atomic E-state index is 12.3. The highest BCUT2D eigenvalue weighted by molar-refractivity contribution is 6.05. The van der Waals surface area contributed by atoms with E-state index >= 15 is 0 Å². The summed E-state index contributed by atoms with van der Waals surface area (Å²) in [5.41, 5.74) is 3.37. The Balaban J connectivity index is 1.61. The molecule has 138 valence electrons. The van der Waals surface area contributed by atoms with Gasteiger partial charge in [0.1, 0.15) is 12.1 Å². The van der Waals surface area contributed by atoms with Crippen LogP contribution in [-0.4, -0.2) is 45.0 Å². The molecule has 2 fully saturated rings. The molecule has 7 heteroatoms. The van der Waals surface area contributed by atoms with Gasteiger partial charge in [-0.3, -0.25) is 4.79 Å². The third kappa shape index (κ3) is 2.60. The third-order valence-electron chi connectivity index (χ3n) is 6.05. The molecule has 5 heterocycles. The van der Waals surface area contributed by atoms with Crippen LogP contribution < -0.4 is 5.32 Å². The molecule has 3 atom stereocenters. The molecule has 27 heavy (non-hydrogen) atoms. The van der Waals surface area contributed by atoms with E-state index in [2.05, 4.69) is 45.2 Å². The lowest BCUT2D eigenvalue weighted by molar-refractivity contribution is -0.132. The van der Waals surface area contributed by atoms with E-state index < -0.39 is 0 Å². The molecule has 2 aliphatic heterocycles. The third-order valence-corrected chi connectivity index (χ3v) is 6.05. The topological polar surface area (TPSA) is 99.7 Å². The van der Waals surface area contributed by atoms with E-state index in [1.165, 1.54) is 16.5 Å². The summed E-state index contributed by atoms with van der Waals surface area (Å²) in [5.74, 6) is 0.388. The summed E-state index contributed by atoms with van der Waals surface area (Å²) in [4.78, 5) is 22.0. The number of nitrogens with one attached hydrogen (secondary N) is 2. The number of piperidine rings is 1. The summed E-state index contributed by atoms with van der Waals surface area (Å²) in [6, 6.07) is 4.69. The van der Waals surface area contributed by atoms with Gasteiger partial charge in [0.25, 0.3) is 0 Å². The van der Waals surface area contributed by atoms with Crippen LogP contribution >= 0.6 is 0 Å². The Morgan fingerprint density at radius 3 is 3.11 bits per heavy atom. The Morgan fingerprint density at radius 1 is 1.48 bits per heavy atom. The molecule has 0 aliphatic carbocycles. The van der Waals surface area contributed by atoms with Crippen LogP contribution in [0.2, 0.25) is 0 Å². The van der Waals surface area contributed by atoms with Crippen molar-refractivity contribution < 1.29 is 4.79 Å². The van der Waals surface area contributed by atoms with E-state index in [0.29, 0.717) is 18.5 Å². The van der Waals surface area contributed by atoms with Gasteiger partial charge in [-0.1, -0.05) is 6.92 Å². The molecular weight excluding hydrogens is 340 g/mol. The molecule has 3 aromatic heterocycles. The second-order valence-corrected chi connectivity index (χ2v) is 7.72. The van der Waals surface area contributed by atoms with Crippen LogP contribution in [0.3, 0.4) is 0 Å². The molecule has 2 aliphatic rings. The Kier molecular flexibility index (Phi) is 3.69. The number of hydrogen-bond acceptors (Lipinski definition) is 4. The number of nitriles is 1. The van der Waals surface area contributed by atoms with Gasteiger partial charge in [0.05, 0.1) is 17.6 Å². The molecule has 5 rings (SSSR count). The summed E-state index contributed by atoms with van der Waals surface area (Å²) in [6.45, 7) is 4.63. The first-order valence-corrected chi connectivity index (χ1v) is 9.52. The van der Waals surface area contributed by atoms with Crippen molar-refractivity contribution in [2.45, 2.75) is 31.8 Å². The number of nitrogens with zero attached hydrogens (tertiary/aromatic N) is 4. The Hall–Kier alpha value is -2.85. The highest BCUT2D eigenvalue weighted by atomic mass is 16.2. The fourth-order valence-corrected chi connectivity index (χ4v) is 4.40. The van der Waals surface area contributed by atoms with E-state index in [1.54, 1.807) is 0 Å². The van der Waals surface area contributed by atoms with Crippen molar-refractivity contribution in [3.8, 4) is 6.07 Å². The molecule has 3 aromatic rings. The van der Waals surface area contributed by atoms with Crippen molar-refractivity contribution >= 4 is 27.8 Å². The lowest BCUT2D eigenvalue weighted by Gasteiger charge is -2.38. The number of carbonyl (C=O) groups excluding carboxylic acids is 1. The average molecular weight is 362 g/mol. The highest BCUT2D eigenvalue weighted by Crippen LogP contribution is 2.37. The molecule has 0 radical (unpaired) electrons. The van der Waals surface area contributed by atoms with Crippen LogP contribution in [0.4, 0.5) is 0 Å². The zero-order chi connectivity index (χ0) is 18.5. The van der Waals surface area contributed by atoms with E-state index in [0.717, 1.165) is 30.5 Å². The first kappa shape index (κ1) is 16.3. The zero-order valence-corrected chi connectivity index (χ0v) is 15.3. The van der Waals surface area contributed by atoms with Crippen LogP contribution in [-0.2, 0) is 4.79 Å². The normalized spacial score (nSPS) is 25.0. The number of amides is 1. The Labute approximate surface area is 157 Å². The highest BCUT2D eigenvalue weighted by Gasteiger charge is 2.32. The molecule has 0 saturated carbocycles. The van der Waals surface area contributed by atoms with E-state index in [1.807, 2.05) is 17.2 Å². The average Bonchev–Trinajstić information content (AvgIpc) is 3.27. The first-order valence-electron chi connectivity index (χ1n) is 9.52. The van der Waals surface area contributed by atoms with Gasteiger partial charge in [0.2, 0.25) is 5.91 Å².